The molecule has 0 bridgehead atoms. The topological polar surface area (TPSA) is 77.0 Å². The van der Waals surface area contributed by atoms with E-state index in [4.69, 9.17) is 14.2 Å². The van der Waals surface area contributed by atoms with Gasteiger partial charge in [0, 0.05) is 24.8 Å². The molecule has 0 saturated carbocycles. The molecule has 3 rings (SSSR count). The third-order valence-corrected chi connectivity index (χ3v) is 3.75. The van der Waals surface area contributed by atoms with E-state index in [2.05, 4.69) is 27.5 Å². The van der Waals surface area contributed by atoms with Gasteiger partial charge < -0.3 is 24.8 Å². The molecule has 0 aliphatic carbocycles. The molecule has 2 aromatic rings. The lowest BCUT2D eigenvalue weighted by molar-refractivity contribution is 0.342. The van der Waals surface area contributed by atoms with E-state index in [1.807, 2.05) is 30.3 Å². The maximum absolute atomic E-state index is 5.85. The van der Waals surface area contributed by atoms with Crippen LogP contribution >= 0.6 is 0 Å². The summed E-state index contributed by atoms with van der Waals surface area (Å²) in [6.45, 7) is 3.54. The molecule has 1 aromatic carbocycles. The molecule has 1 aliphatic rings. The fourth-order valence-electron chi connectivity index (χ4n) is 2.44. The Morgan fingerprint density at radius 1 is 1.16 bits per heavy atom. The van der Waals surface area contributed by atoms with Gasteiger partial charge in [0.25, 0.3) is 0 Å². The highest BCUT2D eigenvalue weighted by Crippen LogP contribution is 2.39. The number of nitrogens with one attached hydrogen (secondary N) is 2. The number of aliphatic imine (C=N–C) groups is 1. The molecule has 132 valence electrons. The number of methoxy groups -OCH3 is 2. The van der Waals surface area contributed by atoms with Gasteiger partial charge in [0.2, 0.25) is 11.6 Å². The lowest BCUT2D eigenvalue weighted by atomic mass is 10.3. The van der Waals surface area contributed by atoms with Gasteiger partial charge in [-0.15, -0.1) is 0 Å². The standard InChI is InChI=1S/C18H22N4O3/c1-12-9-20-18(22-12)21-11-13-7-8-16(19-10-13)25-17-14(23-2)5-4-6-15(17)24-3/h4-8,10,12H,9,11H2,1-3H3,(H2,20,21,22). The zero-order valence-corrected chi connectivity index (χ0v) is 14.6. The van der Waals surface area contributed by atoms with Gasteiger partial charge in [0.05, 0.1) is 20.8 Å². The van der Waals surface area contributed by atoms with Crippen LogP contribution in [0.2, 0.25) is 0 Å². The first-order valence-electron chi connectivity index (χ1n) is 8.08. The summed E-state index contributed by atoms with van der Waals surface area (Å²) in [5.74, 6) is 2.98. The molecule has 0 fully saturated rings. The third-order valence-electron chi connectivity index (χ3n) is 3.75. The van der Waals surface area contributed by atoms with Crippen molar-refractivity contribution in [1.29, 1.82) is 0 Å². The molecule has 1 aliphatic heterocycles. The van der Waals surface area contributed by atoms with E-state index in [0.717, 1.165) is 18.1 Å². The Labute approximate surface area is 147 Å². The van der Waals surface area contributed by atoms with Crippen molar-refractivity contribution < 1.29 is 14.2 Å². The second-order valence-corrected chi connectivity index (χ2v) is 5.69. The number of benzene rings is 1. The summed E-state index contributed by atoms with van der Waals surface area (Å²) in [6.07, 6.45) is 1.77. The highest BCUT2D eigenvalue weighted by molar-refractivity contribution is 5.81. The van der Waals surface area contributed by atoms with Gasteiger partial charge in [-0.1, -0.05) is 12.1 Å². The van der Waals surface area contributed by atoms with E-state index < -0.39 is 0 Å². The molecule has 2 N–H and O–H groups in total. The Balaban J connectivity index is 1.65. The van der Waals surface area contributed by atoms with Crippen LogP contribution in [-0.2, 0) is 6.54 Å². The fourth-order valence-corrected chi connectivity index (χ4v) is 2.44. The predicted molar refractivity (Wildman–Crippen MR) is 95.6 cm³/mol. The molecular formula is C18H22N4O3. The van der Waals surface area contributed by atoms with Crippen LogP contribution in [0.15, 0.2) is 41.5 Å². The van der Waals surface area contributed by atoms with Crippen LogP contribution < -0.4 is 24.8 Å². The smallest absolute Gasteiger partial charge is 0.219 e. The second-order valence-electron chi connectivity index (χ2n) is 5.69. The number of nitrogens with zero attached hydrogens (tertiary/aromatic N) is 2. The molecular weight excluding hydrogens is 320 g/mol. The summed E-state index contributed by atoms with van der Waals surface area (Å²) in [5.41, 5.74) is 1.03. The molecule has 0 saturated heterocycles. The molecule has 0 spiro atoms. The predicted octanol–water partition coefficient (Wildman–Crippen LogP) is 2.33. The summed E-state index contributed by atoms with van der Waals surface area (Å²) in [4.78, 5) is 8.72. The fraction of sp³-hybridized carbons (Fsp3) is 0.333. The first-order chi connectivity index (χ1) is 12.2. The maximum atomic E-state index is 5.85. The van der Waals surface area contributed by atoms with Gasteiger partial charge >= 0.3 is 0 Å². The summed E-state index contributed by atoms with van der Waals surface area (Å²) >= 11 is 0. The first kappa shape index (κ1) is 16.9. The lowest BCUT2D eigenvalue weighted by Crippen LogP contribution is -2.37. The molecule has 7 heteroatoms. The van der Waals surface area contributed by atoms with Crippen LogP contribution in [0.4, 0.5) is 0 Å². The van der Waals surface area contributed by atoms with Crippen LogP contribution in [0, 0.1) is 0 Å². The van der Waals surface area contributed by atoms with Crippen LogP contribution in [0.5, 0.6) is 23.1 Å². The Hall–Kier alpha value is -2.96. The van der Waals surface area contributed by atoms with Crippen molar-refractivity contribution in [3.63, 3.8) is 0 Å². The minimum Gasteiger partial charge on any atom is -0.493 e. The Kier molecular flexibility index (Phi) is 5.23. The highest BCUT2D eigenvalue weighted by atomic mass is 16.5. The first-order valence-corrected chi connectivity index (χ1v) is 8.08. The summed E-state index contributed by atoms with van der Waals surface area (Å²) in [7, 11) is 3.18. The summed E-state index contributed by atoms with van der Waals surface area (Å²) in [5, 5.41) is 6.51. The van der Waals surface area contributed by atoms with E-state index in [0.29, 0.717) is 35.7 Å². The van der Waals surface area contributed by atoms with E-state index >= 15 is 0 Å². The van der Waals surface area contributed by atoms with Crippen molar-refractivity contribution in [2.45, 2.75) is 19.5 Å². The molecule has 1 atom stereocenters. The van der Waals surface area contributed by atoms with Crippen molar-refractivity contribution in [3.05, 3.63) is 42.1 Å². The van der Waals surface area contributed by atoms with Crippen molar-refractivity contribution in [2.75, 3.05) is 20.8 Å². The van der Waals surface area contributed by atoms with Crippen molar-refractivity contribution in [2.24, 2.45) is 4.99 Å². The monoisotopic (exact) mass is 342 g/mol. The normalized spacial score (nSPS) is 16.0. The van der Waals surface area contributed by atoms with Gasteiger partial charge in [0.1, 0.15) is 0 Å². The Bertz CT molecular complexity index is 724. The molecule has 25 heavy (non-hydrogen) atoms. The third kappa shape index (κ3) is 4.12. The summed E-state index contributed by atoms with van der Waals surface area (Å²) in [6, 6.07) is 9.62. The SMILES string of the molecule is COc1cccc(OC)c1Oc1ccc(CNC2=NCC(C)N2)cn1. The van der Waals surface area contributed by atoms with E-state index in [9.17, 15) is 0 Å². The number of guanidine groups is 1. The second kappa shape index (κ2) is 7.74. The van der Waals surface area contributed by atoms with Crippen LogP contribution in [-0.4, -0.2) is 37.7 Å². The Morgan fingerprint density at radius 3 is 2.48 bits per heavy atom. The number of rotatable bonds is 6. The number of ether oxygens (including phenoxy) is 3. The van der Waals surface area contributed by atoms with Gasteiger partial charge in [-0.3, -0.25) is 4.99 Å². The molecule has 0 amide bonds. The minimum atomic E-state index is 0.382. The quantitative estimate of drug-likeness (QED) is 0.839. The van der Waals surface area contributed by atoms with Gasteiger partial charge in [-0.05, 0) is 24.6 Å². The molecule has 1 unspecified atom stereocenters. The molecule has 0 radical (unpaired) electrons. The lowest BCUT2D eigenvalue weighted by Gasteiger charge is -2.13. The van der Waals surface area contributed by atoms with E-state index in [-0.39, 0.29) is 0 Å². The van der Waals surface area contributed by atoms with Crippen molar-refractivity contribution >= 4 is 5.96 Å². The number of hydrogen-bond acceptors (Lipinski definition) is 7. The molecule has 7 nitrogen and oxygen atoms in total. The number of pyridine rings is 1. The van der Waals surface area contributed by atoms with Gasteiger partial charge in [0.15, 0.2) is 17.5 Å². The minimum absolute atomic E-state index is 0.382. The molecule has 2 heterocycles. The van der Waals surface area contributed by atoms with Gasteiger partial charge in [-0.2, -0.15) is 0 Å². The van der Waals surface area contributed by atoms with Crippen LogP contribution in [0.3, 0.4) is 0 Å². The zero-order chi connectivity index (χ0) is 17.6. The highest BCUT2D eigenvalue weighted by Gasteiger charge is 2.14. The largest absolute Gasteiger partial charge is 0.493 e. The van der Waals surface area contributed by atoms with Gasteiger partial charge in [-0.25, -0.2) is 4.98 Å². The number of aromatic nitrogens is 1. The average Bonchev–Trinajstić information content (AvgIpc) is 3.06. The van der Waals surface area contributed by atoms with Crippen molar-refractivity contribution in [3.8, 4) is 23.1 Å². The van der Waals surface area contributed by atoms with Crippen molar-refractivity contribution in [1.82, 2.24) is 15.6 Å². The average molecular weight is 342 g/mol. The maximum Gasteiger partial charge on any atom is 0.219 e. The van der Waals surface area contributed by atoms with E-state index in [1.165, 1.54) is 0 Å². The number of para-hydroxylation sites is 1. The summed E-state index contributed by atoms with van der Waals surface area (Å²) < 4.78 is 16.5. The Morgan fingerprint density at radius 2 is 1.92 bits per heavy atom. The zero-order valence-electron chi connectivity index (χ0n) is 14.6. The molecule has 1 aromatic heterocycles. The number of hydrogen-bond donors (Lipinski definition) is 2. The van der Waals surface area contributed by atoms with Crippen LogP contribution in [0.1, 0.15) is 12.5 Å². The van der Waals surface area contributed by atoms with E-state index in [1.54, 1.807) is 20.4 Å². The van der Waals surface area contributed by atoms with Crippen LogP contribution in [0.25, 0.3) is 0 Å².